The van der Waals surface area contributed by atoms with Crippen molar-refractivity contribution in [2.75, 3.05) is 13.7 Å². The van der Waals surface area contributed by atoms with Crippen LogP contribution in [0.15, 0.2) is 48.5 Å². The third-order valence-electron chi connectivity index (χ3n) is 6.44. The number of amides is 1. The number of hydrogen-bond acceptors (Lipinski definition) is 4. The van der Waals surface area contributed by atoms with E-state index < -0.39 is 0 Å². The van der Waals surface area contributed by atoms with Crippen LogP contribution in [0.2, 0.25) is 0 Å². The van der Waals surface area contributed by atoms with Gasteiger partial charge in [0.05, 0.1) is 36.4 Å². The average Bonchev–Trinajstić information content (AvgIpc) is 3.40. The van der Waals surface area contributed by atoms with E-state index >= 15 is 0 Å². The van der Waals surface area contributed by atoms with Gasteiger partial charge >= 0.3 is 0 Å². The Balaban J connectivity index is 1.46. The number of nitrogens with one attached hydrogen (secondary N) is 1. The van der Waals surface area contributed by atoms with Gasteiger partial charge in [0.25, 0.3) is 5.91 Å². The molecule has 1 saturated heterocycles. The maximum Gasteiger partial charge on any atom is 0.254 e. The van der Waals surface area contributed by atoms with E-state index in [1.54, 1.807) is 7.11 Å². The SMILES string of the molecule is COc1ccc(C(=O)N2CCCCC2c2nc3ccccc3[nH]2)cc1Cn1nc(C)cc1C. The van der Waals surface area contributed by atoms with E-state index in [4.69, 9.17) is 9.72 Å². The lowest BCUT2D eigenvalue weighted by Crippen LogP contribution is -2.39. The maximum atomic E-state index is 13.7. The average molecular weight is 444 g/mol. The molecule has 0 aliphatic carbocycles. The first-order valence-corrected chi connectivity index (χ1v) is 11.5. The van der Waals surface area contributed by atoms with Gasteiger partial charge in [0, 0.05) is 23.4 Å². The molecule has 170 valence electrons. The van der Waals surface area contributed by atoms with Crippen LogP contribution in [0.3, 0.4) is 0 Å². The van der Waals surface area contributed by atoms with Crippen molar-refractivity contribution < 1.29 is 9.53 Å². The minimum absolute atomic E-state index is 0.0254. The van der Waals surface area contributed by atoms with Gasteiger partial charge < -0.3 is 14.6 Å². The van der Waals surface area contributed by atoms with E-state index in [0.29, 0.717) is 12.1 Å². The van der Waals surface area contributed by atoms with Gasteiger partial charge in [-0.15, -0.1) is 0 Å². The minimum atomic E-state index is -0.0554. The molecule has 1 atom stereocenters. The number of aryl methyl sites for hydroxylation is 2. The molecule has 2 aromatic carbocycles. The van der Waals surface area contributed by atoms with Crippen LogP contribution in [0.25, 0.3) is 11.0 Å². The fourth-order valence-corrected chi connectivity index (χ4v) is 4.79. The fourth-order valence-electron chi connectivity index (χ4n) is 4.79. The standard InChI is InChI=1S/C26H29N5O2/c1-17-14-18(2)31(29-17)16-20-15-19(11-12-24(20)33-3)26(32)30-13-7-6-10-23(30)25-27-21-8-4-5-9-22(21)28-25/h4-5,8-9,11-12,14-15,23H,6-7,10,13,16H2,1-3H3,(H,27,28). The van der Waals surface area contributed by atoms with Crippen molar-refractivity contribution in [2.24, 2.45) is 0 Å². The number of rotatable bonds is 5. The van der Waals surface area contributed by atoms with Crippen LogP contribution in [0.4, 0.5) is 0 Å². The van der Waals surface area contributed by atoms with Crippen molar-refractivity contribution in [1.29, 1.82) is 0 Å². The van der Waals surface area contributed by atoms with Crippen molar-refractivity contribution in [2.45, 2.75) is 45.7 Å². The molecule has 1 aliphatic heterocycles. The number of H-pyrrole nitrogens is 1. The molecule has 33 heavy (non-hydrogen) atoms. The van der Waals surface area contributed by atoms with Gasteiger partial charge in [0.15, 0.2) is 0 Å². The Hall–Kier alpha value is -3.61. The van der Waals surface area contributed by atoms with E-state index in [1.165, 1.54) is 0 Å². The number of carbonyl (C=O) groups excluding carboxylic acids is 1. The number of aromatic amines is 1. The first kappa shape index (κ1) is 21.2. The van der Waals surface area contributed by atoms with Crippen molar-refractivity contribution >= 4 is 16.9 Å². The summed E-state index contributed by atoms with van der Waals surface area (Å²) in [5.74, 6) is 1.64. The summed E-state index contributed by atoms with van der Waals surface area (Å²) in [6.07, 6.45) is 2.98. The summed E-state index contributed by atoms with van der Waals surface area (Å²) in [4.78, 5) is 23.9. The number of hydrogen-bond donors (Lipinski definition) is 1. The molecule has 4 aromatic rings. The Labute approximate surface area is 193 Å². The normalized spacial score (nSPS) is 16.3. The second-order valence-electron chi connectivity index (χ2n) is 8.76. The molecule has 0 bridgehead atoms. The number of carbonyl (C=O) groups is 1. The lowest BCUT2D eigenvalue weighted by atomic mass is 9.99. The zero-order chi connectivity index (χ0) is 22.9. The Bertz CT molecular complexity index is 1270. The van der Waals surface area contributed by atoms with Crippen LogP contribution < -0.4 is 4.74 Å². The molecule has 0 radical (unpaired) electrons. The number of para-hydroxylation sites is 2. The van der Waals surface area contributed by atoms with Crippen molar-refractivity contribution in [3.05, 3.63) is 76.9 Å². The first-order valence-electron chi connectivity index (χ1n) is 11.5. The predicted molar refractivity (Wildman–Crippen MR) is 128 cm³/mol. The van der Waals surface area contributed by atoms with Crippen LogP contribution in [-0.2, 0) is 6.54 Å². The Kier molecular flexibility index (Phi) is 5.62. The zero-order valence-electron chi connectivity index (χ0n) is 19.3. The topological polar surface area (TPSA) is 76.0 Å². The van der Waals surface area contributed by atoms with Gasteiger partial charge in [0.1, 0.15) is 11.6 Å². The summed E-state index contributed by atoms with van der Waals surface area (Å²) in [5.41, 5.74) is 5.58. The number of fused-ring (bicyclic) bond motifs is 1. The molecule has 1 fully saturated rings. The lowest BCUT2D eigenvalue weighted by Gasteiger charge is -2.34. The molecule has 0 spiro atoms. The van der Waals surface area contributed by atoms with E-state index in [2.05, 4.69) is 10.1 Å². The molecule has 1 unspecified atom stereocenters. The van der Waals surface area contributed by atoms with Crippen LogP contribution in [0, 0.1) is 13.8 Å². The number of methoxy groups -OCH3 is 1. The first-order chi connectivity index (χ1) is 16.0. The van der Waals surface area contributed by atoms with E-state index in [0.717, 1.165) is 65.4 Å². The van der Waals surface area contributed by atoms with E-state index in [1.807, 2.05) is 72.0 Å². The highest BCUT2D eigenvalue weighted by Gasteiger charge is 2.31. The molecule has 7 nitrogen and oxygen atoms in total. The highest BCUT2D eigenvalue weighted by molar-refractivity contribution is 5.95. The van der Waals surface area contributed by atoms with Crippen LogP contribution in [0.5, 0.6) is 5.75 Å². The summed E-state index contributed by atoms with van der Waals surface area (Å²) in [5, 5.41) is 4.57. The number of benzene rings is 2. The van der Waals surface area contributed by atoms with Gasteiger partial charge in [-0.25, -0.2) is 4.98 Å². The van der Waals surface area contributed by atoms with Crippen molar-refractivity contribution in [1.82, 2.24) is 24.6 Å². The molecule has 1 N–H and O–H groups in total. The quantitative estimate of drug-likeness (QED) is 0.481. The number of piperidine rings is 1. The van der Waals surface area contributed by atoms with Crippen LogP contribution in [-0.4, -0.2) is 44.2 Å². The molecule has 0 saturated carbocycles. The number of nitrogens with zero attached hydrogens (tertiary/aromatic N) is 4. The fraction of sp³-hybridized carbons (Fsp3) is 0.346. The van der Waals surface area contributed by atoms with Crippen molar-refractivity contribution in [3.8, 4) is 5.75 Å². The van der Waals surface area contributed by atoms with Gasteiger partial charge in [-0.05, 0) is 69.5 Å². The highest BCUT2D eigenvalue weighted by atomic mass is 16.5. The van der Waals surface area contributed by atoms with Crippen molar-refractivity contribution in [3.63, 3.8) is 0 Å². The maximum absolute atomic E-state index is 13.7. The van der Waals surface area contributed by atoms with Crippen LogP contribution in [0.1, 0.15) is 58.4 Å². The second kappa shape index (κ2) is 8.73. The molecule has 3 heterocycles. The third-order valence-corrected chi connectivity index (χ3v) is 6.44. The zero-order valence-corrected chi connectivity index (χ0v) is 19.3. The minimum Gasteiger partial charge on any atom is -0.496 e. The number of ether oxygens (including phenoxy) is 1. The number of likely N-dealkylation sites (tertiary alicyclic amines) is 1. The molecule has 7 heteroatoms. The molecule has 1 aliphatic rings. The lowest BCUT2D eigenvalue weighted by molar-refractivity contribution is 0.0601. The second-order valence-corrected chi connectivity index (χ2v) is 8.76. The van der Waals surface area contributed by atoms with Gasteiger partial charge in [-0.2, -0.15) is 5.10 Å². The Morgan fingerprint density at radius 2 is 2.00 bits per heavy atom. The highest BCUT2D eigenvalue weighted by Crippen LogP contribution is 2.32. The summed E-state index contributed by atoms with van der Waals surface area (Å²) in [7, 11) is 1.66. The van der Waals surface area contributed by atoms with Gasteiger partial charge in [-0.3, -0.25) is 9.48 Å². The monoisotopic (exact) mass is 443 g/mol. The summed E-state index contributed by atoms with van der Waals surface area (Å²) < 4.78 is 7.53. The van der Waals surface area contributed by atoms with E-state index in [-0.39, 0.29) is 11.9 Å². The molecular weight excluding hydrogens is 414 g/mol. The summed E-state index contributed by atoms with van der Waals surface area (Å²) in [6, 6.07) is 15.7. The third kappa shape index (κ3) is 4.11. The van der Waals surface area contributed by atoms with Crippen LogP contribution >= 0.6 is 0 Å². The Morgan fingerprint density at radius 3 is 2.76 bits per heavy atom. The predicted octanol–water partition coefficient (Wildman–Crippen LogP) is 4.80. The number of aromatic nitrogens is 4. The summed E-state index contributed by atoms with van der Waals surface area (Å²) >= 11 is 0. The van der Waals surface area contributed by atoms with Gasteiger partial charge in [-0.1, -0.05) is 12.1 Å². The van der Waals surface area contributed by atoms with Gasteiger partial charge in [0.2, 0.25) is 0 Å². The Morgan fingerprint density at radius 1 is 1.15 bits per heavy atom. The molecular formula is C26H29N5O2. The molecule has 1 amide bonds. The smallest absolute Gasteiger partial charge is 0.254 e. The molecule has 5 rings (SSSR count). The largest absolute Gasteiger partial charge is 0.496 e. The van der Waals surface area contributed by atoms with E-state index in [9.17, 15) is 4.79 Å². The number of imidazole rings is 1. The summed E-state index contributed by atoms with van der Waals surface area (Å²) in [6.45, 7) is 5.29. The molecule has 2 aromatic heterocycles.